The molecule has 1 aliphatic carbocycles. The van der Waals surface area contributed by atoms with E-state index in [1.807, 2.05) is 6.92 Å². The van der Waals surface area contributed by atoms with Gasteiger partial charge in [0.25, 0.3) is 5.91 Å². The Hall–Kier alpha value is -3.56. The van der Waals surface area contributed by atoms with Crippen LogP contribution in [-0.4, -0.2) is 47.7 Å². The molecule has 10 heteroatoms. The number of methoxy groups -OCH3 is 1. The van der Waals surface area contributed by atoms with Crippen LogP contribution in [0, 0.1) is 6.92 Å². The highest BCUT2D eigenvalue weighted by molar-refractivity contribution is 5.90. The van der Waals surface area contributed by atoms with E-state index < -0.39 is 5.92 Å². The maximum atomic E-state index is 12.7. The summed E-state index contributed by atoms with van der Waals surface area (Å²) < 4.78 is 7.02. The van der Waals surface area contributed by atoms with Crippen molar-refractivity contribution in [1.82, 2.24) is 34.7 Å². The molecule has 0 aromatic carbocycles. The van der Waals surface area contributed by atoms with Gasteiger partial charge in [0, 0.05) is 18.2 Å². The molecule has 0 radical (unpaired) electrons. The molecule has 1 atom stereocenters. The number of carbonyl (C=O) groups excluding carboxylic acids is 1. The molecule has 1 unspecified atom stereocenters. The van der Waals surface area contributed by atoms with Crippen molar-refractivity contribution in [3.63, 3.8) is 0 Å². The first-order valence-corrected chi connectivity index (χ1v) is 9.29. The lowest BCUT2D eigenvalue weighted by molar-refractivity contribution is -0.118. The summed E-state index contributed by atoms with van der Waals surface area (Å²) in [6.45, 7) is 1.87. The average molecular weight is 390 g/mol. The molecule has 0 N–H and O–H groups in total. The Kier molecular flexibility index (Phi) is 3.93. The van der Waals surface area contributed by atoms with Crippen LogP contribution in [0.3, 0.4) is 0 Å². The number of hydrogen-bond acceptors (Lipinski definition) is 8. The number of hydrogen-bond donors (Lipinski definition) is 0. The number of aromatic nitrogens is 7. The van der Waals surface area contributed by atoms with Gasteiger partial charge in [0.15, 0.2) is 11.3 Å². The largest absolute Gasteiger partial charge is 0.480 e. The third-order valence-corrected chi connectivity index (χ3v) is 5.18. The van der Waals surface area contributed by atoms with Crippen molar-refractivity contribution in [2.75, 3.05) is 7.11 Å². The molecule has 5 rings (SSSR count). The van der Waals surface area contributed by atoms with Crippen LogP contribution in [0.4, 0.5) is 0 Å². The lowest BCUT2D eigenvalue weighted by Crippen LogP contribution is -2.39. The third kappa shape index (κ3) is 2.87. The standard InChI is InChI=1S/C19H18N8O2/c1-9-11-6-12(17-21-8-23-27(17)2)18(28)26-15(11)25-16(24-9)13-14(10-4-5-10)20-7-22-19(13)29-3/h6-8,10,12H,4-5H2,1-3H3. The SMILES string of the molecule is COc1ncnc(C2CC2)c1-c1nc(C)c2c(n1)=NC(=O)C(c1ncnn1C)C=2. The highest BCUT2D eigenvalue weighted by Gasteiger charge is 2.32. The molecule has 0 spiro atoms. The molecular formula is C19H18N8O2. The van der Waals surface area contributed by atoms with Crippen molar-refractivity contribution in [2.24, 2.45) is 12.0 Å². The van der Waals surface area contributed by atoms with Gasteiger partial charge in [0.1, 0.15) is 30.0 Å². The zero-order chi connectivity index (χ0) is 20.1. The zero-order valence-corrected chi connectivity index (χ0v) is 16.2. The minimum Gasteiger partial charge on any atom is -0.480 e. The van der Waals surface area contributed by atoms with Gasteiger partial charge in [-0.15, -0.1) is 0 Å². The molecule has 2 aliphatic rings. The van der Waals surface area contributed by atoms with Gasteiger partial charge >= 0.3 is 0 Å². The van der Waals surface area contributed by atoms with E-state index in [0.717, 1.165) is 18.5 Å². The summed E-state index contributed by atoms with van der Waals surface area (Å²) in [5, 5.41) is 4.76. The van der Waals surface area contributed by atoms with E-state index in [9.17, 15) is 4.79 Å². The fourth-order valence-electron chi connectivity index (χ4n) is 3.56. The Morgan fingerprint density at radius 2 is 1.97 bits per heavy atom. The minimum atomic E-state index is -0.611. The summed E-state index contributed by atoms with van der Waals surface area (Å²) in [6, 6.07) is 0. The van der Waals surface area contributed by atoms with Crippen LogP contribution in [0.1, 0.15) is 41.9 Å². The maximum absolute atomic E-state index is 12.7. The van der Waals surface area contributed by atoms with Gasteiger partial charge in [0.05, 0.1) is 18.5 Å². The normalized spacial score (nSPS) is 18.0. The van der Waals surface area contributed by atoms with Gasteiger partial charge in [-0.25, -0.2) is 24.9 Å². The second kappa shape index (κ2) is 6.50. The molecule has 1 amide bonds. The van der Waals surface area contributed by atoms with E-state index in [1.54, 1.807) is 24.9 Å². The van der Waals surface area contributed by atoms with Crippen molar-refractivity contribution < 1.29 is 9.53 Å². The Balaban J connectivity index is 1.70. The molecule has 10 nitrogen and oxygen atoms in total. The molecule has 4 heterocycles. The van der Waals surface area contributed by atoms with Crippen LogP contribution in [0.15, 0.2) is 17.6 Å². The summed E-state index contributed by atoms with van der Waals surface area (Å²) in [7, 11) is 3.30. The van der Waals surface area contributed by atoms with E-state index in [1.165, 1.54) is 12.7 Å². The third-order valence-electron chi connectivity index (χ3n) is 5.18. The number of carbonyl (C=O) groups is 1. The number of fused-ring (bicyclic) bond motifs is 1. The van der Waals surface area contributed by atoms with Gasteiger partial charge in [-0.3, -0.25) is 9.48 Å². The van der Waals surface area contributed by atoms with Gasteiger partial charge in [0.2, 0.25) is 5.88 Å². The Bertz CT molecular complexity index is 1260. The van der Waals surface area contributed by atoms with Crippen molar-refractivity contribution in [3.05, 3.63) is 40.6 Å². The van der Waals surface area contributed by atoms with E-state index in [4.69, 9.17) is 4.74 Å². The molecule has 0 saturated heterocycles. The summed E-state index contributed by atoms with van der Waals surface area (Å²) in [5.41, 5.74) is 2.59. The molecule has 1 saturated carbocycles. The molecular weight excluding hydrogens is 372 g/mol. The summed E-state index contributed by atoms with van der Waals surface area (Å²) in [5.74, 6) is 0.775. The van der Waals surface area contributed by atoms with Crippen molar-refractivity contribution >= 4 is 12.0 Å². The van der Waals surface area contributed by atoms with Crippen LogP contribution in [0.25, 0.3) is 17.5 Å². The van der Waals surface area contributed by atoms with E-state index in [2.05, 4.69) is 35.0 Å². The smallest absolute Gasteiger partial charge is 0.262 e. The second-order valence-corrected chi connectivity index (χ2v) is 7.12. The van der Waals surface area contributed by atoms with Gasteiger partial charge in [-0.1, -0.05) is 6.08 Å². The summed E-state index contributed by atoms with van der Waals surface area (Å²) in [6.07, 6.45) is 6.84. The van der Waals surface area contributed by atoms with E-state index >= 15 is 0 Å². The predicted octanol–water partition coefficient (Wildman–Crippen LogP) is -0.0194. The number of amides is 1. The Morgan fingerprint density at radius 1 is 1.14 bits per heavy atom. The first-order chi connectivity index (χ1) is 14.1. The topological polar surface area (TPSA) is 121 Å². The van der Waals surface area contributed by atoms with Gasteiger partial charge < -0.3 is 4.74 Å². The average Bonchev–Trinajstić information content (AvgIpc) is 3.48. The first-order valence-electron chi connectivity index (χ1n) is 9.29. The van der Waals surface area contributed by atoms with E-state index in [-0.39, 0.29) is 5.91 Å². The monoisotopic (exact) mass is 390 g/mol. The summed E-state index contributed by atoms with van der Waals surface area (Å²) in [4.78, 5) is 39.0. The van der Waals surface area contributed by atoms with Crippen molar-refractivity contribution in [2.45, 2.75) is 31.6 Å². The maximum Gasteiger partial charge on any atom is 0.262 e. The quantitative estimate of drug-likeness (QED) is 0.609. The Morgan fingerprint density at radius 3 is 2.66 bits per heavy atom. The van der Waals surface area contributed by atoms with Gasteiger partial charge in [-0.05, 0) is 19.8 Å². The lowest BCUT2D eigenvalue weighted by atomic mass is 10.0. The van der Waals surface area contributed by atoms with Crippen LogP contribution in [0.5, 0.6) is 5.88 Å². The molecule has 3 aromatic rings. The molecule has 29 heavy (non-hydrogen) atoms. The van der Waals surface area contributed by atoms with Crippen molar-refractivity contribution in [1.29, 1.82) is 0 Å². The number of ether oxygens (including phenoxy) is 1. The molecule has 1 fully saturated rings. The molecule has 146 valence electrons. The zero-order valence-electron chi connectivity index (χ0n) is 16.2. The van der Waals surface area contributed by atoms with Crippen LogP contribution in [-0.2, 0) is 11.8 Å². The first kappa shape index (κ1) is 17.5. The lowest BCUT2D eigenvalue weighted by Gasteiger charge is -2.14. The predicted molar refractivity (Wildman–Crippen MR) is 100 cm³/mol. The number of aryl methyl sites for hydroxylation is 2. The van der Waals surface area contributed by atoms with Gasteiger partial charge in [-0.2, -0.15) is 10.1 Å². The number of nitrogens with zero attached hydrogens (tertiary/aromatic N) is 8. The van der Waals surface area contributed by atoms with Crippen LogP contribution in [0.2, 0.25) is 0 Å². The summed E-state index contributed by atoms with van der Waals surface area (Å²) >= 11 is 0. The highest BCUT2D eigenvalue weighted by Crippen LogP contribution is 2.44. The van der Waals surface area contributed by atoms with Crippen molar-refractivity contribution in [3.8, 4) is 17.3 Å². The molecule has 3 aromatic heterocycles. The molecule has 1 aliphatic heterocycles. The highest BCUT2D eigenvalue weighted by atomic mass is 16.5. The van der Waals surface area contributed by atoms with E-state index in [0.29, 0.717) is 45.4 Å². The minimum absolute atomic E-state index is 0.337. The second-order valence-electron chi connectivity index (χ2n) is 7.12. The fraction of sp³-hybridized carbons (Fsp3) is 0.368. The van der Waals surface area contributed by atoms with Crippen LogP contribution >= 0.6 is 0 Å². The Labute approximate surface area is 165 Å². The van der Waals surface area contributed by atoms with Crippen LogP contribution < -0.4 is 15.4 Å². The number of rotatable bonds is 4. The molecule has 0 bridgehead atoms. The fourth-order valence-corrected chi connectivity index (χ4v) is 3.56.